The second-order valence-corrected chi connectivity index (χ2v) is 6.20. The molecule has 2 rings (SSSR count). The Morgan fingerprint density at radius 3 is 2.70 bits per heavy atom. The molecular formula is C16H19ClN2S. The van der Waals surface area contributed by atoms with Crippen molar-refractivity contribution in [1.82, 2.24) is 10.3 Å². The van der Waals surface area contributed by atoms with Gasteiger partial charge in [-0.1, -0.05) is 29.8 Å². The van der Waals surface area contributed by atoms with Gasteiger partial charge in [-0.05, 0) is 49.7 Å². The standard InChI is InChI=1S/C16H19ClN2S/c1-11-6-7-13(9-12(11)2)15(18-3)10-20-16-14(17)5-4-8-19-16/h4-9,15,18H,10H2,1-3H3. The SMILES string of the molecule is CNC(CSc1ncccc1Cl)c1ccc(C)c(C)c1. The highest BCUT2D eigenvalue weighted by Gasteiger charge is 2.12. The van der Waals surface area contributed by atoms with Gasteiger partial charge in [0.1, 0.15) is 5.03 Å². The first-order valence-electron chi connectivity index (χ1n) is 6.59. The first-order valence-corrected chi connectivity index (χ1v) is 7.96. The third kappa shape index (κ3) is 3.75. The second-order valence-electron chi connectivity index (χ2n) is 4.79. The summed E-state index contributed by atoms with van der Waals surface area (Å²) in [5.74, 6) is 0.899. The van der Waals surface area contributed by atoms with Gasteiger partial charge < -0.3 is 5.32 Å². The van der Waals surface area contributed by atoms with Crippen LogP contribution in [0.5, 0.6) is 0 Å². The Morgan fingerprint density at radius 1 is 1.25 bits per heavy atom. The molecule has 2 aromatic rings. The topological polar surface area (TPSA) is 24.9 Å². The Bertz CT molecular complexity index is 586. The van der Waals surface area contributed by atoms with Crippen LogP contribution in [0.15, 0.2) is 41.6 Å². The van der Waals surface area contributed by atoms with E-state index >= 15 is 0 Å². The minimum Gasteiger partial charge on any atom is -0.312 e. The molecule has 0 spiro atoms. The predicted molar refractivity (Wildman–Crippen MR) is 87.7 cm³/mol. The first kappa shape index (κ1) is 15.4. The zero-order valence-electron chi connectivity index (χ0n) is 12.0. The number of aryl methyl sites for hydroxylation is 2. The molecule has 1 atom stereocenters. The highest BCUT2D eigenvalue weighted by Crippen LogP contribution is 2.28. The molecule has 0 saturated heterocycles. The number of rotatable bonds is 5. The van der Waals surface area contributed by atoms with Crippen molar-refractivity contribution in [3.8, 4) is 0 Å². The smallest absolute Gasteiger partial charge is 0.115 e. The maximum Gasteiger partial charge on any atom is 0.115 e. The van der Waals surface area contributed by atoms with Gasteiger partial charge in [-0.3, -0.25) is 0 Å². The van der Waals surface area contributed by atoms with Gasteiger partial charge in [0, 0.05) is 18.0 Å². The Kier molecular flexibility index (Phi) is 5.46. The summed E-state index contributed by atoms with van der Waals surface area (Å²) in [5, 5.41) is 4.97. The molecule has 20 heavy (non-hydrogen) atoms. The van der Waals surface area contributed by atoms with Crippen molar-refractivity contribution >= 4 is 23.4 Å². The van der Waals surface area contributed by atoms with Crippen molar-refractivity contribution in [2.24, 2.45) is 0 Å². The number of aromatic nitrogens is 1. The van der Waals surface area contributed by atoms with E-state index in [1.54, 1.807) is 18.0 Å². The Balaban J connectivity index is 2.09. The number of hydrogen-bond acceptors (Lipinski definition) is 3. The fourth-order valence-electron chi connectivity index (χ4n) is 1.97. The van der Waals surface area contributed by atoms with Crippen LogP contribution < -0.4 is 5.32 Å². The van der Waals surface area contributed by atoms with E-state index in [1.807, 2.05) is 19.2 Å². The van der Waals surface area contributed by atoms with Crippen LogP contribution in [0.1, 0.15) is 22.7 Å². The Labute approximate surface area is 130 Å². The summed E-state index contributed by atoms with van der Waals surface area (Å²) in [5.41, 5.74) is 3.95. The third-order valence-corrected chi connectivity index (χ3v) is 4.91. The van der Waals surface area contributed by atoms with E-state index in [-0.39, 0.29) is 6.04 Å². The lowest BCUT2D eigenvalue weighted by molar-refractivity contribution is 0.660. The normalized spacial score (nSPS) is 12.4. The molecule has 0 fully saturated rings. The van der Waals surface area contributed by atoms with E-state index < -0.39 is 0 Å². The molecule has 2 nitrogen and oxygen atoms in total. The van der Waals surface area contributed by atoms with Crippen LogP contribution in [-0.2, 0) is 0 Å². The number of nitrogens with zero attached hydrogens (tertiary/aromatic N) is 1. The maximum atomic E-state index is 6.14. The van der Waals surface area contributed by atoms with Gasteiger partial charge >= 0.3 is 0 Å². The van der Waals surface area contributed by atoms with E-state index in [0.29, 0.717) is 5.02 Å². The van der Waals surface area contributed by atoms with Crippen molar-refractivity contribution in [3.05, 3.63) is 58.2 Å². The predicted octanol–water partition coefficient (Wildman–Crippen LogP) is 4.40. The first-order chi connectivity index (χ1) is 9.61. The van der Waals surface area contributed by atoms with Gasteiger partial charge in [-0.2, -0.15) is 0 Å². The van der Waals surface area contributed by atoms with Gasteiger partial charge in [0.25, 0.3) is 0 Å². The fraction of sp³-hybridized carbons (Fsp3) is 0.312. The summed E-state index contributed by atoms with van der Waals surface area (Å²) >= 11 is 7.82. The summed E-state index contributed by atoms with van der Waals surface area (Å²) < 4.78 is 0. The van der Waals surface area contributed by atoms with Gasteiger partial charge in [-0.15, -0.1) is 11.8 Å². The third-order valence-electron chi connectivity index (χ3n) is 3.39. The zero-order valence-corrected chi connectivity index (χ0v) is 13.6. The lowest BCUT2D eigenvalue weighted by atomic mass is 10.0. The zero-order chi connectivity index (χ0) is 14.5. The molecule has 1 N–H and O–H groups in total. The molecule has 0 saturated carbocycles. The molecule has 0 radical (unpaired) electrons. The van der Waals surface area contributed by atoms with Crippen LogP contribution in [-0.4, -0.2) is 17.8 Å². The largest absolute Gasteiger partial charge is 0.312 e. The van der Waals surface area contributed by atoms with E-state index in [2.05, 4.69) is 42.3 Å². The van der Waals surface area contributed by atoms with Crippen LogP contribution in [0.3, 0.4) is 0 Å². The quantitative estimate of drug-likeness (QED) is 0.829. The van der Waals surface area contributed by atoms with Gasteiger partial charge in [0.2, 0.25) is 0 Å². The average Bonchev–Trinajstić information content (AvgIpc) is 2.45. The molecule has 0 bridgehead atoms. The maximum absolute atomic E-state index is 6.14. The monoisotopic (exact) mass is 306 g/mol. The molecule has 1 aromatic heterocycles. The van der Waals surface area contributed by atoms with Crippen LogP contribution in [0.25, 0.3) is 0 Å². The lowest BCUT2D eigenvalue weighted by Crippen LogP contribution is -2.19. The van der Waals surface area contributed by atoms with Crippen LogP contribution in [0, 0.1) is 13.8 Å². The molecular weight excluding hydrogens is 288 g/mol. The minimum atomic E-state index is 0.289. The van der Waals surface area contributed by atoms with Crippen molar-refractivity contribution in [3.63, 3.8) is 0 Å². The fourth-order valence-corrected chi connectivity index (χ4v) is 3.28. The van der Waals surface area contributed by atoms with Crippen molar-refractivity contribution in [1.29, 1.82) is 0 Å². The summed E-state index contributed by atoms with van der Waals surface area (Å²) in [4.78, 5) is 4.31. The number of nitrogens with one attached hydrogen (secondary N) is 1. The number of pyridine rings is 1. The molecule has 1 unspecified atom stereocenters. The molecule has 106 valence electrons. The average molecular weight is 307 g/mol. The van der Waals surface area contributed by atoms with E-state index in [9.17, 15) is 0 Å². The molecule has 0 aliphatic carbocycles. The van der Waals surface area contributed by atoms with Crippen LogP contribution in [0.4, 0.5) is 0 Å². The van der Waals surface area contributed by atoms with Crippen LogP contribution >= 0.6 is 23.4 Å². The van der Waals surface area contributed by atoms with Gasteiger partial charge in [0.15, 0.2) is 0 Å². The van der Waals surface area contributed by atoms with Crippen molar-refractivity contribution < 1.29 is 0 Å². The van der Waals surface area contributed by atoms with E-state index in [1.165, 1.54) is 16.7 Å². The minimum absolute atomic E-state index is 0.289. The number of halogens is 1. The van der Waals surface area contributed by atoms with Gasteiger partial charge in [0.05, 0.1) is 5.02 Å². The Morgan fingerprint density at radius 2 is 2.05 bits per heavy atom. The van der Waals surface area contributed by atoms with Crippen molar-refractivity contribution in [2.75, 3.05) is 12.8 Å². The number of thioether (sulfide) groups is 1. The highest BCUT2D eigenvalue weighted by molar-refractivity contribution is 7.99. The van der Waals surface area contributed by atoms with E-state index in [0.717, 1.165) is 10.8 Å². The molecule has 1 heterocycles. The number of hydrogen-bond donors (Lipinski definition) is 1. The number of benzene rings is 1. The molecule has 4 heteroatoms. The molecule has 0 aliphatic heterocycles. The summed E-state index contributed by atoms with van der Waals surface area (Å²) in [7, 11) is 1.99. The summed E-state index contributed by atoms with van der Waals surface area (Å²) in [6.45, 7) is 4.28. The summed E-state index contributed by atoms with van der Waals surface area (Å²) in [6, 6.07) is 10.6. The molecule has 0 amide bonds. The highest BCUT2D eigenvalue weighted by atomic mass is 35.5. The molecule has 1 aromatic carbocycles. The van der Waals surface area contributed by atoms with Crippen molar-refractivity contribution in [2.45, 2.75) is 24.9 Å². The second kappa shape index (κ2) is 7.11. The summed E-state index contributed by atoms with van der Waals surface area (Å²) in [6.07, 6.45) is 1.78. The van der Waals surface area contributed by atoms with Gasteiger partial charge in [-0.25, -0.2) is 4.98 Å². The molecule has 0 aliphatic rings. The Hall–Kier alpha value is -1.03. The van der Waals surface area contributed by atoms with Crippen LogP contribution in [0.2, 0.25) is 5.02 Å². The van der Waals surface area contributed by atoms with E-state index in [4.69, 9.17) is 11.6 Å². The lowest BCUT2D eigenvalue weighted by Gasteiger charge is -2.17.